The fourth-order valence-corrected chi connectivity index (χ4v) is 1.89. The van der Waals surface area contributed by atoms with Gasteiger partial charge in [-0.15, -0.1) is 0 Å². The molecule has 0 saturated heterocycles. The monoisotopic (exact) mass is 301 g/mol. The molecular formula is C15H22F3N3. The van der Waals surface area contributed by atoms with Crippen LogP contribution in [0, 0.1) is 0 Å². The first kappa shape index (κ1) is 17.3. The maximum atomic E-state index is 12.7. The van der Waals surface area contributed by atoms with Crippen LogP contribution in [0.4, 0.5) is 13.2 Å². The number of alkyl halides is 3. The number of benzene rings is 1. The minimum absolute atomic E-state index is 0.0128. The summed E-state index contributed by atoms with van der Waals surface area (Å²) in [6.07, 6.45) is -2.70. The summed E-state index contributed by atoms with van der Waals surface area (Å²) < 4.78 is 38.0. The van der Waals surface area contributed by atoms with Crippen molar-refractivity contribution in [2.75, 3.05) is 13.1 Å². The smallest absolute Gasteiger partial charge is 0.370 e. The molecule has 0 heterocycles. The Morgan fingerprint density at radius 2 is 2.10 bits per heavy atom. The highest BCUT2D eigenvalue weighted by molar-refractivity contribution is 5.77. The lowest BCUT2D eigenvalue weighted by Crippen LogP contribution is -2.33. The number of aliphatic imine (C=N–C) groups is 1. The van der Waals surface area contributed by atoms with Crippen molar-refractivity contribution in [3.05, 3.63) is 35.4 Å². The van der Waals surface area contributed by atoms with Gasteiger partial charge in [-0.2, -0.15) is 13.2 Å². The van der Waals surface area contributed by atoms with Crippen molar-refractivity contribution in [2.24, 2.45) is 10.7 Å². The third-order valence-electron chi connectivity index (χ3n) is 3.17. The Labute approximate surface area is 123 Å². The molecule has 0 radical (unpaired) electrons. The van der Waals surface area contributed by atoms with Crippen molar-refractivity contribution in [1.82, 2.24) is 5.32 Å². The molecule has 0 aliphatic heterocycles. The van der Waals surface area contributed by atoms with Gasteiger partial charge >= 0.3 is 6.18 Å². The lowest BCUT2D eigenvalue weighted by Gasteiger charge is -2.15. The highest BCUT2D eigenvalue weighted by Crippen LogP contribution is 2.31. The van der Waals surface area contributed by atoms with Crippen LogP contribution in [0.3, 0.4) is 0 Å². The van der Waals surface area contributed by atoms with Crippen LogP contribution < -0.4 is 11.1 Å². The fourth-order valence-electron chi connectivity index (χ4n) is 1.89. The Hall–Kier alpha value is -1.72. The van der Waals surface area contributed by atoms with E-state index in [-0.39, 0.29) is 5.92 Å². The molecule has 3 N–H and O–H groups in total. The summed E-state index contributed by atoms with van der Waals surface area (Å²) in [5.41, 5.74) is 5.73. The molecule has 0 fully saturated rings. The SMILES string of the molecule is CCCN=C(N)NCCC(C)c1cccc(C(F)(F)F)c1. The zero-order valence-electron chi connectivity index (χ0n) is 12.4. The number of halogens is 3. The Bertz CT molecular complexity index is 469. The number of hydrogen-bond acceptors (Lipinski definition) is 1. The van der Waals surface area contributed by atoms with Gasteiger partial charge in [-0.3, -0.25) is 4.99 Å². The second-order valence-corrected chi connectivity index (χ2v) is 5.01. The second-order valence-electron chi connectivity index (χ2n) is 5.01. The van der Waals surface area contributed by atoms with E-state index >= 15 is 0 Å². The number of nitrogens with two attached hydrogens (primary N) is 1. The van der Waals surface area contributed by atoms with Crippen molar-refractivity contribution < 1.29 is 13.2 Å². The molecule has 0 aliphatic rings. The average Bonchev–Trinajstić information content (AvgIpc) is 2.44. The van der Waals surface area contributed by atoms with E-state index in [0.29, 0.717) is 31.0 Å². The van der Waals surface area contributed by atoms with E-state index in [1.807, 2.05) is 13.8 Å². The van der Waals surface area contributed by atoms with Gasteiger partial charge in [0.15, 0.2) is 5.96 Å². The molecule has 0 bridgehead atoms. The van der Waals surface area contributed by atoms with Gasteiger partial charge in [-0.25, -0.2) is 0 Å². The first-order chi connectivity index (χ1) is 9.84. The van der Waals surface area contributed by atoms with Gasteiger partial charge in [0.1, 0.15) is 0 Å². The molecule has 1 atom stereocenters. The highest BCUT2D eigenvalue weighted by Gasteiger charge is 2.30. The van der Waals surface area contributed by atoms with E-state index in [0.717, 1.165) is 12.5 Å². The van der Waals surface area contributed by atoms with Crippen molar-refractivity contribution in [3.63, 3.8) is 0 Å². The van der Waals surface area contributed by atoms with Crippen LogP contribution in [0.2, 0.25) is 0 Å². The van der Waals surface area contributed by atoms with Gasteiger partial charge in [0, 0.05) is 13.1 Å². The fraction of sp³-hybridized carbons (Fsp3) is 0.533. The van der Waals surface area contributed by atoms with E-state index in [9.17, 15) is 13.2 Å². The Balaban J connectivity index is 2.54. The molecule has 118 valence electrons. The Kier molecular flexibility index (Phi) is 6.52. The minimum Gasteiger partial charge on any atom is -0.370 e. The van der Waals surface area contributed by atoms with E-state index in [1.165, 1.54) is 12.1 Å². The molecule has 0 aliphatic carbocycles. The average molecular weight is 301 g/mol. The molecule has 3 nitrogen and oxygen atoms in total. The van der Waals surface area contributed by atoms with Gasteiger partial charge in [0.05, 0.1) is 5.56 Å². The molecule has 0 spiro atoms. The third kappa shape index (κ3) is 6.06. The molecule has 0 amide bonds. The van der Waals surface area contributed by atoms with Crippen LogP contribution >= 0.6 is 0 Å². The summed E-state index contributed by atoms with van der Waals surface area (Å²) in [6.45, 7) is 5.15. The number of guanidine groups is 1. The first-order valence-corrected chi connectivity index (χ1v) is 7.05. The van der Waals surface area contributed by atoms with E-state index < -0.39 is 11.7 Å². The zero-order chi connectivity index (χ0) is 15.9. The number of rotatable bonds is 6. The standard InChI is InChI=1S/C15H22F3N3/c1-3-8-20-14(19)21-9-7-11(2)12-5-4-6-13(10-12)15(16,17)18/h4-6,10-11H,3,7-9H2,1-2H3,(H3,19,20,21). The number of nitrogens with one attached hydrogen (secondary N) is 1. The summed E-state index contributed by atoms with van der Waals surface area (Å²) in [7, 11) is 0. The minimum atomic E-state index is -4.30. The van der Waals surface area contributed by atoms with Crippen molar-refractivity contribution in [2.45, 2.75) is 38.8 Å². The van der Waals surface area contributed by atoms with Crippen molar-refractivity contribution in [1.29, 1.82) is 0 Å². The maximum absolute atomic E-state index is 12.7. The quantitative estimate of drug-likeness (QED) is 0.624. The van der Waals surface area contributed by atoms with Crippen molar-refractivity contribution >= 4 is 5.96 Å². The zero-order valence-corrected chi connectivity index (χ0v) is 12.4. The normalized spacial score (nSPS) is 14.0. The summed E-state index contributed by atoms with van der Waals surface area (Å²) in [5, 5.41) is 2.97. The van der Waals surface area contributed by atoms with Crippen LogP contribution in [-0.4, -0.2) is 19.0 Å². The molecule has 1 rings (SSSR count). The second kappa shape index (κ2) is 7.90. The highest BCUT2D eigenvalue weighted by atomic mass is 19.4. The molecule has 1 unspecified atom stereocenters. The van der Waals surface area contributed by atoms with Crippen molar-refractivity contribution in [3.8, 4) is 0 Å². The topological polar surface area (TPSA) is 50.4 Å². The van der Waals surface area contributed by atoms with E-state index in [2.05, 4.69) is 10.3 Å². The van der Waals surface area contributed by atoms with Crippen LogP contribution in [-0.2, 0) is 6.18 Å². The van der Waals surface area contributed by atoms with Crippen LogP contribution in [0.1, 0.15) is 43.7 Å². The van der Waals surface area contributed by atoms with Crippen LogP contribution in [0.5, 0.6) is 0 Å². The molecule has 0 aromatic heterocycles. The molecule has 1 aromatic rings. The number of hydrogen-bond donors (Lipinski definition) is 2. The molecule has 21 heavy (non-hydrogen) atoms. The molecular weight excluding hydrogens is 279 g/mol. The Morgan fingerprint density at radius 3 is 2.71 bits per heavy atom. The third-order valence-corrected chi connectivity index (χ3v) is 3.17. The lowest BCUT2D eigenvalue weighted by molar-refractivity contribution is -0.137. The summed E-state index contributed by atoms with van der Waals surface area (Å²) in [4.78, 5) is 4.09. The van der Waals surface area contributed by atoms with Gasteiger partial charge in [0.25, 0.3) is 0 Å². The molecule has 1 aromatic carbocycles. The summed E-state index contributed by atoms with van der Waals surface area (Å²) >= 11 is 0. The summed E-state index contributed by atoms with van der Waals surface area (Å²) in [6, 6.07) is 5.46. The van der Waals surface area contributed by atoms with Crippen LogP contribution in [0.15, 0.2) is 29.3 Å². The molecule has 0 saturated carbocycles. The van der Waals surface area contributed by atoms with E-state index in [1.54, 1.807) is 6.07 Å². The predicted octanol–water partition coefficient (Wildman–Crippen LogP) is 3.51. The largest absolute Gasteiger partial charge is 0.416 e. The summed E-state index contributed by atoms with van der Waals surface area (Å²) in [5.74, 6) is 0.395. The maximum Gasteiger partial charge on any atom is 0.416 e. The van der Waals surface area contributed by atoms with Gasteiger partial charge in [-0.05, 0) is 30.4 Å². The van der Waals surface area contributed by atoms with Gasteiger partial charge in [-0.1, -0.05) is 32.0 Å². The van der Waals surface area contributed by atoms with Gasteiger partial charge < -0.3 is 11.1 Å². The number of nitrogens with zero attached hydrogens (tertiary/aromatic N) is 1. The van der Waals surface area contributed by atoms with Crippen LogP contribution in [0.25, 0.3) is 0 Å². The first-order valence-electron chi connectivity index (χ1n) is 7.05. The van der Waals surface area contributed by atoms with Gasteiger partial charge in [0.2, 0.25) is 0 Å². The molecule has 6 heteroatoms. The predicted molar refractivity (Wildman–Crippen MR) is 79.3 cm³/mol. The Morgan fingerprint density at radius 1 is 1.38 bits per heavy atom. The lowest BCUT2D eigenvalue weighted by atomic mass is 9.96. The van der Waals surface area contributed by atoms with E-state index in [4.69, 9.17) is 5.73 Å².